The zero-order valence-electron chi connectivity index (χ0n) is 8.89. The Balaban J connectivity index is 2.08. The molecule has 1 heterocycles. The molecule has 1 aromatic heterocycles. The fourth-order valence-corrected chi connectivity index (χ4v) is 1.58. The molecule has 0 atom stereocenters. The molecule has 0 amide bonds. The summed E-state index contributed by atoms with van der Waals surface area (Å²) in [5.74, 6) is 0. The SMILES string of the molecule is N#Cc1ccc(NCc2cnccn2)c(Cl)c1. The summed E-state index contributed by atoms with van der Waals surface area (Å²) in [5, 5.41) is 12.4. The van der Waals surface area contributed by atoms with E-state index in [1.54, 1.807) is 36.8 Å². The molecule has 0 saturated heterocycles. The smallest absolute Gasteiger partial charge is 0.0992 e. The number of aromatic nitrogens is 2. The van der Waals surface area contributed by atoms with E-state index in [2.05, 4.69) is 15.3 Å². The van der Waals surface area contributed by atoms with Crippen molar-refractivity contribution in [2.75, 3.05) is 5.32 Å². The molecule has 0 bridgehead atoms. The van der Waals surface area contributed by atoms with Crippen molar-refractivity contribution < 1.29 is 0 Å². The number of benzene rings is 1. The molecule has 5 heteroatoms. The Hall–Kier alpha value is -2.12. The second kappa shape index (κ2) is 5.28. The van der Waals surface area contributed by atoms with Gasteiger partial charge in [-0.25, -0.2) is 0 Å². The van der Waals surface area contributed by atoms with Gasteiger partial charge in [0.05, 0.1) is 40.8 Å². The van der Waals surface area contributed by atoms with E-state index < -0.39 is 0 Å². The van der Waals surface area contributed by atoms with Crippen molar-refractivity contribution in [1.82, 2.24) is 9.97 Å². The van der Waals surface area contributed by atoms with Crippen LogP contribution in [0.15, 0.2) is 36.8 Å². The molecule has 2 rings (SSSR count). The Labute approximate surface area is 104 Å². The third kappa shape index (κ3) is 2.92. The van der Waals surface area contributed by atoms with Crippen LogP contribution in [-0.4, -0.2) is 9.97 Å². The molecule has 0 spiro atoms. The van der Waals surface area contributed by atoms with Crippen molar-refractivity contribution >= 4 is 17.3 Å². The van der Waals surface area contributed by atoms with Crippen molar-refractivity contribution in [3.63, 3.8) is 0 Å². The molecule has 0 unspecified atom stereocenters. The lowest BCUT2D eigenvalue weighted by Crippen LogP contribution is -2.02. The topological polar surface area (TPSA) is 61.6 Å². The van der Waals surface area contributed by atoms with Crippen LogP contribution >= 0.6 is 11.6 Å². The highest BCUT2D eigenvalue weighted by Gasteiger charge is 2.01. The summed E-state index contributed by atoms with van der Waals surface area (Å²) >= 11 is 6.02. The fraction of sp³-hybridized carbons (Fsp3) is 0.0833. The standard InChI is InChI=1S/C12H9ClN4/c13-11-5-9(6-14)1-2-12(11)17-8-10-7-15-3-4-16-10/h1-5,7,17H,8H2. The first kappa shape index (κ1) is 11.4. The van der Waals surface area contributed by atoms with E-state index in [0.717, 1.165) is 11.4 Å². The lowest BCUT2D eigenvalue weighted by Gasteiger charge is -2.07. The van der Waals surface area contributed by atoms with Gasteiger partial charge in [-0.3, -0.25) is 9.97 Å². The van der Waals surface area contributed by atoms with Crippen LogP contribution in [0.5, 0.6) is 0 Å². The molecule has 4 nitrogen and oxygen atoms in total. The first-order chi connectivity index (χ1) is 8.29. The Bertz CT molecular complexity index is 548. The second-order valence-corrected chi connectivity index (χ2v) is 3.76. The maximum atomic E-state index is 8.71. The molecule has 0 radical (unpaired) electrons. The molecule has 84 valence electrons. The van der Waals surface area contributed by atoms with E-state index in [9.17, 15) is 0 Å². The summed E-state index contributed by atoms with van der Waals surface area (Å²) in [4.78, 5) is 8.10. The minimum atomic E-state index is 0.521. The summed E-state index contributed by atoms with van der Waals surface area (Å²) in [6.07, 6.45) is 4.94. The highest BCUT2D eigenvalue weighted by Crippen LogP contribution is 2.23. The third-order valence-corrected chi connectivity index (χ3v) is 2.49. The quantitative estimate of drug-likeness (QED) is 0.902. The van der Waals surface area contributed by atoms with Crippen LogP contribution in [0.1, 0.15) is 11.3 Å². The number of halogens is 1. The van der Waals surface area contributed by atoms with Crippen molar-refractivity contribution in [3.8, 4) is 6.07 Å². The predicted octanol–water partition coefficient (Wildman–Crippen LogP) is 2.61. The fourth-order valence-electron chi connectivity index (χ4n) is 1.34. The first-order valence-electron chi connectivity index (χ1n) is 4.98. The molecule has 0 aliphatic rings. The summed E-state index contributed by atoms with van der Waals surface area (Å²) in [7, 11) is 0. The average molecular weight is 245 g/mol. The minimum Gasteiger partial charge on any atom is -0.378 e. The Morgan fingerprint density at radius 1 is 1.35 bits per heavy atom. The normalized spacial score (nSPS) is 9.65. The van der Waals surface area contributed by atoms with Crippen LogP contribution in [0.2, 0.25) is 5.02 Å². The Kier molecular flexibility index (Phi) is 3.53. The summed E-state index contributed by atoms with van der Waals surface area (Å²) in [5.41, 5.74) is 2.14. The lowest BCUT2D eigenvalue weighted by molar-refractivity contribution is 1.01. The number of anilines is 1. The molecule has 1 N–H and O–H groups in total. The molecule has 0 saturated carbocycles. The van der Waals surface area contributed by atoms with Crippen LogP contribution in [0.3, 0.4) is 0 Å². The molecule has 17 heavy (non-hydrogen) atoms. The maximum Gasteiger partial charge on any atom is 0.0992 e. The van der Waals surface area contributed by atoms with Gasteiger partial charge in [0.1, 0.15) is 0 Å². The molecule has 0 fully saturated rings. The third-order valence-electron chi connectivity index (χ3n) is 2.17. The van der Waals surface area contributed by atoms with Gasteiger partial charge < -0.3 is 5.32 Å². The molecule has 0 aliphatic carbocycles. The van der Waals surface area contributed by atoms with Gasteiger partial charge >= 0.3 is 0 Å². The van der Waals surface area contributed by atoms with Gasteiger partial charge in [0.2, 0.25) is 0 Å². The number of rotatable bonds is 3. The van der Waals surface area contributed by atoms with Gasteiger partial charge in [-0.05, 0) is 18.2 Å². The number of nitrogens with one attached hydrogen (secondary N) is 1. The van der Waals surface area contributed by atoms with E-state index in [-0.39, 0.29) is 0 Å². The summed E-state index contributed by atoms with van der Waals surface area (Å²) < 4.78 is 0. The summed E-state index contributed by atoms with van der Waals surface area (Å²) in [6, 6.07) is 7.15. The number of nitriles is 1. The zero-order valence-corrected chi connectivity index (χ0v) is 9.65. The zero-order chi connectivity index (χ0) is 12.1. The van der Waals surface area contributed by atoms with Gasteiger partial charge in [-0.2, -0.15) is 5.26 Å². The molecular weight excluding hydrogens is 236 g/mol. The van der Waals surface area contributed by atoms with Crippen LogP contribution in [0.4, 0.5) is 5.69 Å². The van der Waals surface area contributed by atoms with Gasteiger partial charge in [0.15, 0.2) is 0 Å². The minimum absolute atomic E-state index is 0.521. The molecular formula is C12H9ClN4. The van der Waals surface area contributed by atoms with Gasteiger partial charge in [-0.1, -0.05) is 11.6 Å². The maximum absolute atomic E-state index is 8.71. The predicted molar refractivity (Wildman–Crippen MR) is 65.5 cm³/mol. The van der Waals surface area contributed by atoms with Crippen molar-refractivity contribution in [1.29, 1.82) is 5.26 Å². The molecule has 1 aromatic carbocycles. The number of nitrogens with zero attached hydrogens (tertiary/aromatic N) is 3. The van der Waals surface area contributed by atoms with Gasteiger partial charge in [-0.15, -0.1) is 0 Å². The van der Waals surface area contributed by atoms with E-state index in [4.69, 9.17) is 16.9 Å². The first-order valence-corrected chi connectivity index (χ1v) is 5.36. The van der Waals surface area contributed by atoms with Crippen LogP contribution in [-0.2, 0) is 6.54 Å². The Morgan fingerprint density at radius 2 is 2.24 bits per heavy atom. The monoisotopic (exact) mass is 244 g/mol. The summed E-state index contributed by atoms with van der Waals surface area (Å²) in [6.45, 7) is 0.541. The van der Waals surface area contributed by atoms with Gasteiger partial charge in [0.25, 0.3) is 0 Å². The highest BCUT2D eigenvalue weighted by molar-refractivity contribution is 6.33. The Morgan fingerprint density at radius 3 is 2.88 bits per heavy atom. The van der Waals surface area contributed by atoms with E-state index >= 15 is 0 Å². The van der Waals surface area contributed by atoms with E-state index in [1.165, 1.54) is 0 Å². The van der Waals surface area contributed by atoms with Crippen LogP contribution in [0, 0.1) is 11.3 Å². The van der Waals surface area contributed by atoms with Crippen molar-refractivity contribution in [3.05, 3.63) is 53.1 Å². The van der Waals surface area contributed by atoms with Crippen molar-refractivity contribution in [2.24, 2.45) is 0 Å². The average Bonchev–Trinajstić information content (AvgIpc) is 2.38. The second-order valence-electron chi connectivity index (χ2n) is 3.36. The van der Waals surface area contributed by atoms with E-state index in [0.29, 0.717) is 17.1 Å². The molecule has 2 aromatic rings. The van der Waals surface area contributed by atoms with Crippen LogP contribution < -0.4 is 5.32 Å². The highest BCUT2D eigenvalue weighted by atomic mass is 35.5. The molecule has 0 aliphatic heterocycles. The largest absolute Gasteiger partial charge is 0.378 e. The number of hydrogen-bond acceptors (Lipinski definition) is 4. The van der Waals surface area contributed by atoms with E-state index in [1.807, 2.05) is 6.07 Å². The van der Waals surface area contributed by atoms with Crippen molar-refractivity contribution in [2.45, 2.75) is 6.54 Å². The van der Waals surface area contributed by atoms with Crippen LogP contribution in [0.25, 0.3) is 0 Å². The van der Waals surface area contributed by atoms with Gasteiger partial charge in [0, 0.05) is 12.4 Å². The lowest BCUT2D eigenvalue weighted by atomic mass is 10.2. The number of hydrogen-bond donors (Lipinski definition) is 1.